The van der Waals surface area contributed by atoms with Crippen LogP contribution in [0.4, 0.5) is 5.69 Å². The van der Waals surface area contributed by atoms with Gasteiger partial charge in [0.25, 0.3) is 16.0 Å². The minimum Gasteiger partial charge on any atom is -0.456 e. The molecule has 2 amide bonds. The molecule has 1 atom stereocenters. The van der Waals surface area contributed by atoms with Gasteiger partial charge in [-0.2, -0.15) is 8.42 Å². The van der Waals surface area contributed by atoms with Gasteiger partial charge in [-0.3, -0.25) is 14.1 Å². The van der Waals surface area contributed by atoms with Gasteiger partial charge in [0.2, 0.25) is 5.91 Å². The number of furan rings is 1. The summed E-state index contributed by atoms with van der Waals surface area (Å²) in [6.45, 7) is 6.20. The van der Waals surface area contributed by atoms with Gasteiger partial charge in [-0.25, -0.2) is 0 Å². The third kappa shape index (κ3) is 9.51. The summed E-state index contributed by atoms with van der Waals surface area (Å²) in [4.78, 5) is 26.3. The van der Waals surface area contributed by atoms with Crippen molar-refractivity contribution in [2.75, 3.05) is 17.6 Å². The monoisotopic (exact) mass is 650 g/mol. The smallest absolute Gasteiger partial charge is 0.266 e. The Kier molecular flexibility index (Phi) is 10.1. The van der Waals surface area contributed by atoms with Crippen molar-refractivity contribution in [1.82, 2.24) is 5.32 Å². The van der Waals surface area contributed by atoms with Gasteiger partial charge in [0.05, 0.1) is 11.7 Å². The molecule has 0 aliphatic heterocycles. The summed E-state index contributed by atoms with van der Waals surface area (Å²) in [7, 11) is -4.17. The predicted octanol–water partition coefficient (Wildman–Crippen LogP) is 7.74. The molecule has 4 aromatic carbocycles. The lowest BCUT2D eigenvalue weighted by Crippen LogP contribution is -2.28. The Morgan fingerprint density at radius 1 is 0.894 bits per heavy atom. The number of fused-ring (bicyclic) bond motifs is 1. The summed E-state index contributed by atoms with van der Waals surface area (Å²) in [5, 5.41) is 6.57. The van der Waals surface area contributed by atoms with E-state index in [0.29, 0.717) is 17.7 Å². The normalized spacial score (nSPS) is 12.7. The van der Waals surface area contributed by atoms with Crippen LogP contribution in [0.1, 0.15) is 53.7 Å². The van der Waals surface area contributed by atoms with E-state index in [9.17, 15) is 18.0 Å². The van der Waals surface area contributed by atoms with Crippen LogP contribution in [-0.2, 0) is 21.3 Å². The number of carbonyl (C=O) groups is 2. The number of benzene rings is 4. The van der Waals surface area contributed by atoms with Crippen molar-refractivity contribution in [3.63, 3.8) is 0 Å². The molecule has 0 spiro atoms. The Balaban J connectivity index is 1.33. The van der Waals surface area contributed by atoms with Crippen molar-refractivity contribution in [3.8, 4) is 11.3 Å². The Hall–Kier alpha value is -4.99. The quantitative estimate of drug-likeness (QED) is 0.126. The first-order valence-corrected chi connectivity index (χ1v) is 17.0. The second-order valence-corrected chi connectivity index (χ2v) is 14.1. The van der Waals surface area contributed by atoms with Gasteiger partial charge in [-0.05, 0) is 77.1 Å². The second kappa shape index (κ2) is 14.2. The number of rotatable bonds is 11. The topological polar surface area (TPSA) is 126 Å². The molecule has 0 aliphatic rings. The maximum Gasteiger partial charge on any atom is 0.266 e. The van der Waals surface area contributed by atoms with Crippen LogP contribution in [0.3, 0.4) is 0 Å². The fraction of sp³-hybridized carbons (Fsp3) is 0.211. The maximum atomic E-state index is 13.8. The standard InChI is InChI=1S/C38H38N2O6S/c1-38(2,3)21-20-26-8-12-28(13-9-26)33(24-27-10-14-30(15-11-27)36(41)39-22-23-47(43,44)45)37(42)40-32-18-16-29(17-19-32)35-25-31-6-4-5-7-34(31)46-35/h4-21,25,33H,22-24H2,1-3H3,(H,39,41)(H,40,42)(H,43,44,45). The third-order valence-corrected chi connectivity index (χ3v) is 8.32. The number of hydrogen-bond acceptors (Lipinski definition) is 5. The average molecular weight is 651 g/mol. The molecule has 9 heteroatoms. The van der Waals surface area contributed by atoms with Crippen LogP contribution in [0, 0.1) is 5.41 Å². The second-order valence-electron chi connectivity index (χ2n) is 12.6. The van der Waals surface area contributed by atoms with Crippen LogP contribution in [0.25, 0.3) is 28.4 Å². The molecule has 3 N–H and O–H groups in total. The van der Waals surface area contributed by atoms with Crippen molar-refractivity contribution >= 4 is 44.7 Å². The van der Waals surface area contributed by atoms with Crippen molar-refractivity contribution < 1.29 is 27.0 Å². The van der Waals surface area contributed by atoms with Gasteiger partial charge in [0, 0.05) is 28.7 Å². The molecular formula is C38H38N2O6S. The lowest BCUT2D eigenvalue weighted by atomic mass is 9.89. The van der Waals surface area contributed by atoms with Gasteiger partial charge < -0.3 is 15.1 Å². The van der Waals surface area contributed by atoms with E-state index in [1.54, 1.807) is 24.3 Å². The molecule has 5 aromatic rings. The number of para-hydroxylation sites is 1. The van der Waals surface area contributed by atoms with E-state index in [1.165, 1.54) is 0 Å². The fourth-order valence-electron chi connectivity index (χ4n) is 5.04. The van der Waals surface area contributed by atoms with Crippen LogP contribution < -0.4 is 10.6 Å². The number of carbonyl (C=O) groups excluding carboxylic acids is 2. The highest BCUT2D eigenvalue weighted by Crippen LogP contribution is 2.30. The number of nitrogens with one attached hydrogen (secondary N) is 2. The Bertz CT molecular complexity index is 1950. The van der Waals surface area contributed by atoms with E-state index in [0.717, 1.165) is 39.0 Å². The highest BCUT2D eigenvalue weighted by Gasteiger charge is 2.22. The lowest BCUT2D eigenvalue weighted by Gasteiger charge is -2.18. The highest BCUT2D eigenvalue weighted by molar-refractivity contribution is 7.85. The molecule has 8 nitrogen and oxygen atoms in total. The van der Waals surface area contributed by atoms with E-state index >= 15 is 0 Å². The van der Waals surface area contributed by atoms with E-state index in [1.807, 2.05) is 78.9 Å². The van der Waals surface area contributed by atoms with E-state index in [2.05, 4.69) is 43.6 Å². The lowest BCUT2D eigenvalue weighted by molar-refractivity contribution is -0.117. The zero-order chi connectivity index (χ0) is 33.6. The number of hydrogen-bond donors (Lipinski definition) is 3. The summed E-state index contributed by atoms with van der Waals surface area (Å²) in [6.07, 6.45) is 4.59. The van der Waals surface area contributed by atoms with Gasteiger partial charge in [0.1, 0.15) is 11.3 Å². The molecular weight excluding hydrogens is 612 g/mol. The Labute approximate surface area is 275 Å². The van der Waals surface area contributed by atoms with E-state index in [4.69, 9.17) is 8.97 Å². The van der Waals surface area contributed by atoms with Gasteiger partial charge in [-0.1, -0.05) is 87.5 Å². The summed E-state index contributed by atoms with van der Waals surface area (Å²) >= 11 is 0. The summed E-state index contributed by atoms with van der Waals surface area (Å²) in [5.74, 6) is -0.981. The molecule has 0 fully saturated rings. The average Bonchev–Trinajstić information content (AvgIpc) is 3.47. The predicted molar refractivity (Wildman–Crippen MR) is 187 cm³/mol. The zero-order valence-electron chi connectivity index (χ0n) is 26.6. The molecule has 5 rings (SSSR count). The molecule has 0 bridgehead atoms. The summed E-state index contributed by atoms with van der Waals surface area (Å²) in [5.41, 5.74) is 5.48. The Morgan fingerprint density at radius 2 is 1.57 bits per heavy atom. The first-order chi connectivity index (χ1) is 22.3. The first kappa shape index (κ1) is 33.4. The van der Waals surface area contributed by atoms with Crippen molar-refractivity contribution in [1.29, 1.82) is 0 Å². The molecule has 1 unspecified atom stereocenters. The summed E-state index contributed by atoms with van der Waals surface area (Å²) < 4.78 is 36.8. The highest BCUT2D eigenvalue weighted by atomic mass is 32.2. The van der Waals surface area contributed by atoms with Crippen molar-refractivity contribution in [2.45, 2.75) is 33.1 Å². The molecule has 1 aromatic heterocycles. The van der Waals surface area contributed by atoms with Crippen LogP contribution >= 0.6 is 0 Å². The largest absolute Gasteiger partial charge is 0.456 e. The van der Waals surface area contributed by atoms with E-state index < -0.39 is 27.7 Å². The van der Waals surface area contributed by atoms with Crippen LogP contribution in [0.2, 0.25) is 0 Å². The third-order valence-electron chi connectivity index (χ3n) is 7.60. The van der Waals surface area contributed by atoms with Crippen LogP contribution in [0.5, 0.6) is 0 Å². The maximum absolute atomic E-state index is 13.8. The van der Waals surface area contributed by atoms with Crippen molar-refractivity contribution in [3.05, 3.63) is 131 Å². The molecule has 0 radical (unpaired) electrons. The molecule has 0 aliphatic carbocycles. The number of amides is 2. The molecule has 0 saturated carbocycles. The number of allylic oxidation sites excluding steroid dienone is 1. The molecule has 47 heavy (non-hydrogen) atoms. The Morgan fingerprint density at radius 3 is 2.21 bits per heavy atom. The summed E-state index contributed by atoms with van der Waals surface area (Å²) in [6, 6.07) is 32.1. The molecule has 1 heterocycles. The fourth-order valence-corrected chi connectivity index (χ4v) is 5.40. The number of anilines is 1. The minimum absolute atomic E-state index is 0.0423. The molecule has 0 saturated heterocycles. The zero-order valence-corrected chi connectivity index (χ0v) is 27.4. The SMILES string of the molecule is CC(C)(C)C=Cc1ccc(C(Cc2ccc(C(=O)NCCS(=O)(=O)O)cc2)C(=O)Nc2ccc(-c3cc4ccccc4o3)cc2)cc1. The minimum atomic E-state index is -4.17. The van der Waals surface area contributed by atoms with Crippen molar-refractivity contribution in [2.24, 2.45) is 5.41 Å². The van der Waals surface area contributed by atoms with Gasteiger partial charge in [-0.15, -0.1) is 0 Å². The van der Waals surface area contributed by atoms with Gasteiger partial charge in [0.15, 0.2) is 0 Å². The van der Waals surface area contributed by atoms with Crippen LogP contribution in [0.15, 0.2) is 114 Å². The van der Waals surface area contributed by atoms with Gasteiger partial charge >= 0.3 is 0 Å². The molecule has 242 valence electrons. The first-order valence-electron chi connectivity index (χ1n) is 15.3. The van der Waals surface area contributed by atoms with Crippen LogP contribution in [-0.4, -0.2) is 37.1 Å². The van der Waals surface area contributed by atoms with E-state index in [-0.39, 0.29) is 17.9 Å².